The maximum absolute atomic E-state index is 12.9. The van der Waals surface area contributed by atoms with Gasteiger partial charge in [-0.3, -0.25) is 9.69 Å². The average Bonchev–Trinajstić information content (AvgIpc) is 3.42. The summed E-state index contributed by atoms with van der Waals surface area (Å²) in [6.45, 7) is 5.21. The van der Waals surface area contributed by atoms with Gasteiger partial charge in [-0.1, -0.05) is 86.6 Å². The quantitative estimate of drug-likeness (QED) is 0.241. The molecule has 8 heteroatoms. The molecule has 8 nitrogen and oxygen atoms in total. The lowest BCUT2D eigenvalue weighted by molar-refractivity contribution is -0.146. The summed E-state index contributed by atoms with van der Waals surface area (Å²) in [5, 5.41) is 3.91. The van der Waals surface area contributed by atoms with Gasteiger partial charge in [0.05, 0.1) is 18.3 Å². The fourth-order valence-electron chi connectivity index (χ4n) is 5.30. The van der Waals surface area contributed by atoms with Crippen molar-refractivity contribution in [2.24, 2.45) is 5.92 Å². The minimum atomic E-state index is -0.495. The number of benzene rings is 3. The van der Waals surface area contributed by atoms with Crippen molar-refractivity contribution >= 4 is 23.0 Å². The molecule has 3 atom stereocenters. The molecule has 1 amide bonds. The Kier molecular flexibility index (Phi) is 9.34. The molecule has 0 saturated carbocycles. The van der Waals surface area contributed by atoms with E-state index in [2.05, 4.69) is 5.32 Å². The molecular formula is C34H37N3O5. The van der Waals surface area contributed by atoms with E-state index in [0.717, 1.165) is 33.5 Å². The number of hydrogen-bond donors (Lipinski definition) is 1. The largest absolute Gasteiger partial charge is 0.488 e. The number of amides is 1. The van der Waals surface area contributed by atoms with Crippen molar-refractivity contribution < 1.29 is 23.8 Å². The smallest absolute Gasteiger partial charge is 0.407 e. The Balaban J connectivity index is 1.31. The van der Waals surface area contributed by atoms with Crippen LogP contribution in [0.3, 0.4) is 0 Å². The van der Waals surface area contributed by atoms with Crippen molar-refractivity contribution in [3.8, 4) is 17.0 Å². The van der Waals surface area contributed by atoms with Crippen LogP contribution in [0.2, 0.25) is 0 Å². The number of nitrogens with zero attached hydrogens (tertiary/aromatic N) is 2. The number of pyridine rings is 1. The molecule has 3 unspecified atom stereocenters. The summed E-state index contributed by atoms with van der Waals surface area (Å²) in [6, 6.07) is 28.7. The van der Waals surface area contributed by atoms with Gasteiger partial charge in [0.25, 0.3) is 0 Å². The third kappa shape index (κ3) is 7.06. The summed E-state index contributed by atoms with van der Waals surface area (Å²) in [6.07, 6.45) is -0.287. The minimum absolute atomic E-state index is 0.102. The number of ether oxygens (including phenoxy) is 3. The Labute approximate surface area is 246 Å². The Morgan fingerprint density at radius 1 is 0.976 bits per heavy atom. The maximum Gasteiger partial charge on any atom is 0.407 e. The van der Waals surface area contributed by atoms with Gasteiger partial charge in [-0.15, -0.1) is 0 Å². The highest BCUT2D eigenvalue weighted by Gasteiger charge is 2.40. The number of fused-ring (bicyclic) bond motifs is 1. The topological polar surface area (TPSA) is 90.0 Å². The number of carbonyl (C=O) groups excluding carboxylic acids is 2. The first-order valence-electron chi connectivity index (χ1n) is 14.3. The number of para-hydroxylation sites is 1. The molecular weight excluding hydrogens is 530 g/mol. The fourth-order valence-corrected chi connectivity index (χ4v) is 5.30. The van der Waals surface area contributed by atoms with Crippen LogP contribution in [0.25, 0.3) is 22.2 Å². The van der Waals surface area contributed by atoms with E-state index in [4.69, 9.17) is 19.2 Å². The van der Waals surface area contributed by atoms with E-state index in [0.29, 0.717) is 19.5 Å². The van der Waals surface area contributed by atoms with Gasteiger partial charge < -0.3 is 19.5 Å². The predicted octanol–water partition coefficient (Wildman–Crippen LogP) is 5.85. The summed E-state index contributed by atoms with van der Waals surface area (Å²) in [5.41, 5.74) is 3.57. The molecule has 4 aromatic rings. The Hall–Kier alpha value is -4.43. The number of aromatic nitrogens is 1. The van der Waals surface area contributed by atoms with Gasteiger partial charge in [-0.2, -0.15) is 0 Å². The number of nitrogens with one attached hydrogen (secondary N) is 1. The van der Waals surface area contributed by atoms with Crippen molar-refractivity contribution in [2.45, 2.75) is 45.1 Å². The monoisotopic (exact) mass is 567 g/mol. The molecule has 1 aromatic heterocycles. The minimum Gasteiger partial charge on any atom is -0.488 e. The molecule has 1 N–H and O–H groups in total. The Bertz CT molecular complexity index is 1500. The van der Waals surface area contributed by atoms with E-state index in [1.807, 2.05) is 110 Å². The highest BCUT2D eigenvalue weighted by Crippen LogP contribution is 2.33. The predicted molar refractivity (Wildman–Crippen MR) is 162 cm³/mol. The zero-order valence-corrected chi connectivity index (χ0v) is 24.2. The highest BCUT2D eigenvalue weighted by atomic mass is 16.5. The van der Waals surface area contributed by atoms with E-state index >= 15 is 0 Å². The van der Waals surface area contributed by atoms with Gasteiger partial charge in [-0.05, 0) is 23.6 Å². The number of hydrogen-bond acceptors (Lipinski definition) is 7. The van der Waals surface area contributed by atoms with Gasteiger partial charge in [0.2, 0.25) is 0 Å². The van der Waals surface area contributed by atoms with Gasteiger partial charge in [0.1, 0.15) is 24.5 Å². The molecule has 2 heterocycles. The van der Waals surface area contributed by atoms with Gasteiger partial charge in [0.15, 0.2) is 0 Å². The van der Waals surface area contributed by atoms with Crippen molar-refractivity contribution in [3.05, 3.63) is 96.6 Å². The molecule has 1 saturated heterocycles. The van der Waals surface area contributed by atoms with Crippen molar-refractivity contribution in [1.29, 1.82) is 0 Å². The fraction of sp³-hybridized carbons (Fsp3) is 0.324. The molecule has 0 radical (unpaired) electrons. The van der Waals surface area contributed by atoms with Crippen molar-refractivity contribution in [3.63, 3.8) is 0 Å². The van der Waals surface area contributed by atoms with Crippen LogP contribution in [0.1, 0.15) is 25.8 Å². The van der Waals surface area contributed by atoms with Crippen molar-refractivity contribution in [2.75, 3.05) is 20.2 Å². The van der Waals surface area contributed by atoms with Crippen LogP contribution in [0.5, 0.6) is 5.75 Å². The summed E-state index contributed by atoms with van der Waals surface area (Å²) in [5.74, 6) is 0.503. The SMILES string of the molecule is COC(=O)C1CC(Oc2cc(-c3ccccc3)nc3ccccc23)CN1CC(NC(=O)OCc1ccccc1)C(C)C. The molecule has 42 heavy (non-hydrogen) atoms. The van der Waals surface area contributed by atoms with Crippen LogP contribution >= 0.6 is 0 Å². The van der Waals surface area contributed by atoms with E-state index in [1.165, 1.54) is 7.11 Å². The van der Waals surface area contributed by atoms with Gasteiger partial charge in [0, 0.05) is 42.6 Å². The Morgan fingerprint density at radius 3 is 2.38 bits per heavy atom. The van der Waals surface area contributed by atoms with Gasteiger partial charge >= 0.3 is 12.1 Å². The number of rotatable bonds is 10. The molecule has 1 aliphatic rings. The second-order valence-corrected chi connectivity index (χ2v) is 10.9. The lowest BCUT2D eigenvalue weighted by Gasteiger charge is -2.30. The molecule has 0 aliphatic carbocycles. The van der Waals surface area contributed by atoms with Gasteiger partial charge in [-0.25, -0.2) is 9.78 Å². The average molecular weight is 568 g/mol. The van der Waals surface area contributed by atoms with E-state index < -0.39 is 12.1 Å². The van der Waals surface area contributed by atoms with Crippen molar-refractivity contribution in [1.82, 2.24) is 15.2 Å². The van der Waals surface area contributed by atoms with E-state index in [9.17, 15) is 9.59 Å². The van der Waals surface area contributed by atoms with E-state index in [-0.39, 0.29) is 30.6 Å². The second kappa shape index (κ2) is 13.5. The zero-order valence-electron chi connectivity index (χ0n) is 24.2. The standard InChI is InChI=1S/C34H37N3O5/c1-23(2)30(36-34(39)41-22-24-12-6-4-7-13-24)21-37-20-26(18-31(37)33(38)40-3)42-32-19-29(25-14-8-5-9-15-25)35-28-17-11-10-16-27(28)32/h4-17,19,23,26,30-31H,18,20-22H2,1-3H3,(H,36,39). The molecule has 1 fully saturated rings. The molecule has 0 spiro atoms. The van der Waals surface area contributed by atoms with Crippen LogP contribution in [0.15, 0.2) is 91.0 Å². The number of methoxy groups -OCH3 is 1. The van der Waals surface area contributed by atoms with Crippen LogP contribution in [-0.4, -0.2) is 60.3 Å². The summed E-state index contributed by atoms with van der Waals surface area (Å²) >= 11 is 0. The van der Waals surface area contributed by atoms with E-state index in [1.54, 1.807) is 0 Å². The number of carbonyl (C=O) groups is 2. The van der Waals surface area contributed by atoms with Crippen LogP contribution < -0.4 is 10.1 Å². The van der Waals surface area contributed by atoms with Crippen LogP contribution in [0.4, 0.5) is 4.79 Å². The molecule has 5 rings (SSSR count). The molecule has 1 aliphatic heterocycles. The number of esters is 1. The zero-order chi connectivity index (χ0) is 29.5. The summed E-state index contributed by atoms with van der Waals surface area (Å²) in [7, 11) is 1.40. The number of likely N-dealkylation sites (tertiary alicyclic amines) is 1. The first kappa shape index (κ1) is 29.1. The number of alkyl carbamates (subject to hydrolysis) is 1. The normalized spacial score (nSPS) is 17.6. The third-order valence-corrected chi connectivity index (χ3v) is 7.63. The molecule has 218 valence electrons. The lowest BCUT2D eigenvalue weighted by atomic mass is 10.0. The highest BCUT2D eigenvalue weighted by molar-refractivity contribution is 5.88. The first-order chi connectivity index (χ1) is 20.4. The molecule has 3 aromatic carbocycles. The first-order valence-corrected chi connectivity index (χ1v) is 14.3. The third-order valence-electron chi connectivity index (χ3n) is 7.63. The lowest BCUT2D eigenvalue weighted by Crippen LogP contribution is -2.49. The molecule has 0 bridgehead atoms. The van der Waals surface area contributed by atoms with Crippen LogP contribution in [-0.2, 0) is 20.9 Å². The maximum atomic E-state index is 12.9. The second-order valence-electron chi connectivity index (χ2n) is 10.9. The van der Waals surface area contributed by atoms with Crippen LogP contribution in [0, 0.1) is 5.92 Å². The summed E-state index contributed by atoms with van der Waals surface area (Å²) < 4.78 is 17.2. The summed E-state index contributed by atoms with van der Waals surface area (Å²) in [4.78, 5) is 32.4. The Morgan fingerprint density at radius 2 is 1.67 bits per heavy atom.